The van der Waals surface area contributed by atoms with Gasteiger partial charge in [0, 0.05) is 19.2 Å². The highest BCUT2D eigenvalue weighted by atomic mass is 35.5. The Morgan fingerprint density at radius 2 is 1.75 bits per heavy atom. The largest absolute Gasteiger partial charge is 0.478 e. The van der Waals surface area contributed by atoms with Crippen LogP contribution in [0.5, 0.6) is 0 Å². The molecular formula is C30H28ClF2N3O4. The fraction of sp³-hybridized carbons (Fsp3) is 0.300. The second kappa shape index (κ2) is 11.7. The minimum Gasteiger partial charge on any atom is -0.478 e. The highest BCUT2D eigenvalue weighted by Crippen LogP contribution is 2.40. The fourth-order valence-electron chi connectivity index (χ4n) is 5.55. The first-order valence-electron chi connectivity index (χ1n) is 13.1. The molecule has 0 bridgehead atoms. The van der Waals surface area contributed by atoms with Crippen molar-refractivity contribution in [3.8, 4) is 0 Å². The second-order valence-corrected chi connectivity index (χ2v) is 10.4. The van der Waals surface area contributed by atoms with E-state index < -0.39 is 35.7 Å². The van der Waals surface area contributed by atoms with Crippen LogP contribution in [0.3, 0.4) is 0 Å². The van der Waals surface area contributed by atoms with Crippen LogP contribution >= 0.6 is 11.6 Å². The van der Waals surface area contributed by atoms with E-state index >= 15 is 0 Å². The average Bonchev–Trinajstić information content (AvgIpc) is 3.28. The molecule has 3 aromatic carbocycles. The first kappa shape index (κ1) is 27.7. The molecule has 2 atom stereocenters. The Morgan fingerprint density at radius 1 is 1.05 bits per heavy atom. The number of carboxylic acids is 1. The van der Waals surface area contributed by atoms with E-state index in [-0.39, 0.29) is 33.2 Å². The number of carboxylic acid groups (broad SMARTS) is 1. The van der Waals surface area contributed by atoms with Crippen LogP contribution in [0.2, 0.25) is 5.02 Å². The maximum absolute atomic E-state index is 14.6. The molecule has 0 aliphatic heterocycles. The molecule has 1 aliphatic carbocycles. The van der Waals surface area contributed by atoms with Gasteiger partial charge in [-0.1, -0.05) is 61.2 Å². The number of hydrogen-bond donors (Lipinski definition) is 2. The third kappa shape index (κ3) is 5.44. The predicted molar refractivity (Wildman–Crippen MR) is 148 cm³/mol. The maximum atomic E-state index is 14.6. The summed E-state index contributed by atoms with van der Waals surface area (Å²) in [4.78, 5) is 30.2. The van der Waals surface area contributed by atoms with Gasteiger partial charge in [-0.15, -0.1) is 0 Å². The lowest BCUT2D eigenvalue weighted by atomic mass is 9.83. The van der Waals surface area contributed by atoms with Crippen molar-refractivity contribution in [3.05, 3.63) is 94.3 Å². The van der Waals surface area contributed by atoms with Crippen LogP contribution in [0.4, 0.5) is 14.5 Å². The number of amides is 1. The average molecular weight is 568 g/mol. The lowest BCUT2D eigenvalue weighted by molar-refractivity contribution is -0.121. The first-order valence-corrected chi connectivity index (χ1v) is 13.4. The molecule has 1 aromatic heterocycles. The zero-order chi connectivity index (χ0) is 28.4. The van der Waals surface area contributed by atoms with Gasteiger partial charge in [0.2, 0.25) is 5.91 Å². The van der Waals surface area contributed by atoms with Crippen molar-refractivity contribution in [2.24, 2.45) is 5.92 Å². The molecule has 1 amide bonds. The molecule has 4 aromatic rings. The molecule has 1 heterocycles. The minimum atomic E-state index is -1.14. The number of methoxy groups -OCH3 is 1. The van der Waals surface area contributed by atoms with Gasteiger partial charge in [0.15, 0.2) is 11.6 Å². The van der Waals surface area contributed by atoms with Crippen molar-refractivity contribution in [1.82, 2.24) is 9.55 Å². The number of nitrogens with one attached hydrogen (secondary N) is 1. The van der Waals surface area contributed by atoms with Crippen molar-refractivity contribution in [2.45, 2.75) is 44.2 Å². The monoisotopic (exact) mass is 567 g/mol. The zero-order valence-electron chi connectivity index (χ0n) is 21.7. The maximum Gasteiger partial charge on any atom is 0.335 e. The standard InChI is InChI=1S/C30H28ClF2N3O4/c1-40-27(18-10-6-3-7-11-18)28-34-24-15-21(32)22(33)16-25(24)36(28)26(17-8-4-2-5-9-17)29(37)35-23-13-12-19(30(38)39)14-20(23)31/h3,6-7,10-17,26-27H,2,4-5,8-9H2,1H3,(H,35,37)(H,38,39)/t26?,27-/m1/s1. The van der Waals surface area contributed by atoms with Crippen LogP contribution in [0.1, 0.15) is 66.0 Å². The Hall–Kier alpha value is -3.82. The van der Waals surface area contributed by atoms with Gasteiger partial charge in [-0.3, -0.25) is 4.79 Å². The predicted octanol–water partition coefficient (Wildman–Crippen LogP) is 7.16. The summed E-state index contributed by atoms with van der Waals surface area (Å²) in [5, 5.41) is 12.2. The molecule has 0 radical (unpaired) electrons. The molecule has 208 valence electrons. The lowest BCUT2D eigenvalue weighted by Gasteiger charge is -2.33. The van der Waals surface area contributed by atoms with Crippen LogP contribution in [-0.2, 0) is 9.53 Å². The van der Waals surface area contributed by atoms with Gasteiger partial charge in [-0.25, -0.2) is 18.6 Å². The molecule has 5 rings (SSSR count). The lowest BCUT2D eigenvalue weighted by Crippen LogP contribution is -2.35. The van der Waals surface area contributed by atoms with Crippen molar-refractivity contribution in [1.29, 1.82) is 0 Å². The van der Waals surface area contributed by atoms with E-state index in [2.05, 4.69) is 10.3 Å². The summed E-state index contributed by atoms with van der Waals surface area (Å²) in [6, 6.07) is 14.6. The molecule has 7 nitrogen and oxygen atoms in total. The summed E-state index contributed by atoms with van der Waals surface area (Å²) in [5.41, 5.74) is 1.46. The number of fused-ring (bicyclic) bond motifs is 1. The van der Waals surface area contributed by atoms with E-state index in [1.807, 2.05) is 30.3 Å². The Morgan fingerprint density at radius 3 is 2.40 bits per heavy atom. The number of carbonyl (C=O) groups excluding carboxylic acids is 1. The number of anilines is 1. The summed E-state index contributed by atoms with van der Waals surface area (Å²) in [5.74, 6) is -3.46. The van der Waals surface area contributed by atoms with Crippen molar-refractivity contribution < 1.29 is 28.2 Å². The smallest absolute Gasteiger partial charge is 0.335 e. The number of rotatable bonds is 8. The first-order chi connectivity index (χ1) is 19.3. The zero-order valence-corrected chi connectivity index (χ0v) is 22.5. The van der Waals surface area contributed by atoms with Gasteiger partial charge in [0.25, 0.3) is 0 Å². The van der Waals surface area contributed by atoms with Gasteiger partial charge < -0.3 is 19.7 Å². The number of carbonyl (C=O) groups is 2. The molecule has 10 heteroatoms. The molecule has 1 fully saturated rings. The van der Waals surface area contributed by atoms with Gasteiger partial charge in [-0.2, -0.15) is 0 Å². The molecule has 1 aliphatic rings. The fourth-order valence-corrected chi connectivity index (χ4v) is 5.78. The number of ether oxygens (including phenoxy) is 1. The molecule has 1 saturated carbocycles. The minimum absolute atomic E-state index is 0.0157. The third-order valence-corrected chi connectivity index (χ3v) is 7.76. The number of benzene rings is 3. The topological polar surface area (TPSA) is 93.5 Å². The highest BCUT2D eigenvalue weighted by Gasteiger charge is 2.36. The summed E-state index contributed by atoms with van der Waals surface area (Å²) >= 11 is 6.34. The summed E-state index contributed by atoms with van der Waals surface area (Å²) in [6.07, 6.45) is 3.64. The number of halogens is 3. The van der Waals surface area contributed by atoms with Gasteiger partial charge in [0.1, 0.15) is 18.0 Å². The van der Waals surface area contributed by atoms with Gasteiger partial charge in [-0.05, 0) is 42.5 Å². The molecule has 40 heavy (non-hydrogen) atoms. The molecule has 1 unspecified atom stereocenters. The molecule has 2 N–H and O–H groups in total. The number of aromatic nitrogens is 2. The summed E-state index contributed by atoms with van der Waals surface area (Å²) in [6.45, 7) is 0. The van der Waals surface area contributed by atoms with Crippen molar-refractivity contribution in [3.63, 3.8) is 0 Å². The Labute approximate surface area is 234 Å². The molecule has 0 spiro atoms. The molecule has 0 saturated heterocycles. The van der Waals surface area contributed by atoms with Gasteiger partial charge >= 0.3 is 5.97 Å². The SMILES string of the molecule is CO[C@H](c1ccccc1)c1nc2cc(F)c(F)cc2n1C(C(=O)Nc1ccc(C(=O)O)cc1Cl)C1CCCCC1. The van der Waals surface area contributed by atoms with E-state index in [0.717, 1.165) is 49.8 Å². The normalized spacial score (nSPS) is 15.6. The summed E-state index contributed by atoms with van der Waals surface area (Å²) < 4.78 is 36.5. The van der Waals surface area contributed by atoms with E-state index in [4.69, 9.17) is 16.3 Å². The quantitative estimate of drug-likeness (QED) is 0.235. The second-order valence-electron chi connectivity index (χ2n) is 9.95. The number of aromatic carboxylic acids is 1. The summed E-state index contributed by atoms with van der Waals surface area (Å²) in [7, 11) is 1.52. The Bertz CT molecular complexity index is 1550. The van der Waals surface area contributed by atoms with Crippen LogP contribution in [-0.4, -0.2) is 33.6 Å². The van der Waals surface area contributed by atoms with Gasteiger partial charge in [0.05, 0.1) is 27.3 Å². The highest BCUT2D eigenvalue weighted by molar-refractivity contribution is 6.34. The third-order valence-electron chi connectivity index (χ3n) is 7.45. The van der Waals surface area contributed by atoms with E-state index in [1.54, 1.807) is 4.57 Å². The van der Waals surface area contributed by atoms with E-state index in [0.29, 0.717) is 5.82 Å². The van der Waals surface area contributed by atoms with Crippen LogP contribution < -0.4 is 5.32 Å². The van der Waals surface area contributed by atoms with Crippen LogP contribution in [0, 0.1) is 17.6 Å². The van der Waals surface area contributed by atoms with Crippen LogP contribution in [0.25, 0.3) is 11.0 Å². The number of nitrogens with zero attached hydrogens (tertiary/aromatic N) is 2. The van der Waals surface area contributed by atoms with Crippen molar-refractivity contribution >= 4 is 40.2 Å². The number of hydrogen-bond acceptors (Lipinski definition) is 4. The van der Waals surface area contributed by atoms with Crippen molar-refractivity contribution in [2.75, 3.05) is 12.4 Å². The van der Waals surface area contributed by atoms with E-state index in [1.165, 1.54) is 25.3 Å². The van der Waals surface area contributed by atoms with Crippen LogP contribution in [0.15, 0.2) is 60.7 Å². The van der Waals surface area contributed by atoms with E-state index in [9.17, 15) is 23.5 Å². The molecular weight excluding hydrogens is 540 g/mol. The Kier molecular flexibility index (Phi) is 8.14. The number of imidazole rings is 1. The Balaban J connectivity index is 1.68.